The van der Waals surface area contributed by atoms with Gasteiger partial charge >= 0.3 is 0 Å². The van der Waals surface area contributed by atoms with Crippen LogP contribution in [0.4, 0.5) is 11.4 Å². The number of aromatic nitrogens is 1. The molecule has 0 spiro atoms. The number of pyridine rings is 1. The SMILES string of the molecule is COCC1CCCN1c1ccc(S(=O)(=O)N(C)C)cc1C(=O)Nc1ccc2[nH]c(=O)cc(C)c2c1. The zero-order chi connectivity index (χ0) is 25.3. The van der Waals surface area contributed by atoms with Crippen molar-refractivity contribution in [3.63, 3.8) is 0 Å². The molecule has 2 N–H and O–H groups in total. The molecule has 0 radical (unpaired) electrons. The van der Waals surface area contributed by atoms with Crippen LogP contribution in [0.1, 0.15) is 28.8 Å². The van der Waals surface area contributed by atoms with Crippen LogP contribution in [0.15, 0.2) is 52.2 Å². The molecule has 1 unspecified atom stereocenters. The summed E-state index contributed by atoms with van der Waals surface area (Å²) in [6, 6.07) is 11.5. The molecule has 3 aromatic rings. The van der Waals surface area contributed by atoms with E-state index in [2.05, 4.69) is 15.2 Å². The van der Waals surface area contributed by atoms with E-state index in [1.165, 1.54) is 26.2 Å². The van der Waals surface area contributed by atoms with Crippen molar-refractivity contribution >= 4 is 38.2 Å². The van der Waals surface area contributed by atoms with Crippen LogP contribution < -0.4 is 15.8 Å². The molecule has 0 aliphatic carbocycles. The topological polar surface area (TPSA) is 112 Å². The Kier molecular flexibility index (Phi) is 6.98. The van der Waals surface area contributed by atoms with Crippen molar-refractivity contribution in [3.8, 4) is 0 Å². The van der Waals surface area contributed by atoms with Gasteiger partial charge in [-0.3, -0.25) is 9.59 Å². The van der Waals surface area contributed by atoms with Gasteiger partial charge in [0.15, 0.2) is 0 Å². The number of nitrogens with zero attached hydrogens (tertiary/aromatic N) is 2. The lowest BCUT2D eigenvalue weighted by atomic mass is 10.1. The first kappa shape index (κ1) is 24.9. The van der Waals surface area contributed by atoms with E-state index in [1.807, 2.05) is 6.92 Å². The molecule has 2 heterocycles. The van der Waals surface area contributed by atoms with Gasteiger partial charge in [0.05, 0.1) is 23.1 Å². The summed E-state index contributed by atoms with van der Waals surface area (Å²) in [5.41, 5.74) is 2.76. The summed E-state index contributed by atoms with van der Waals surface area (Å²) in [4.78, 5) is 30.2. The Labute approximate surface area is 204 Å². The Morgan fingerprint density at radius 2 is 1.97 bits per heavy atom. The lowest BCUT2D eigenvalue weighted by molar-refractivity contribution is 0.102. The average molecular weight is 499 g/mol. The van der Waals surface area contributed by atoms with Gasteiger partial charge in [0.25, 0.3) is 5.91 Å². The molecule has 4 rings (SSSR count). The van der Waals surface area contributed by atoms with Crippen LogP contribution in [0.5, 0.6) is 0 Å². The third-order valence-electron chi connectivity index (χ3n) is 6.34. The number of sulfonamides is 1. The predicted molar refractivity (Wildman–Crippen MR) is 137 cm³/mol. The molecule has 2 aromatic carbocycles. The number of nitrogens with one attached hydrogen (secondary N) is 2. The maximum absolute atomic E-state index is 13.5. The number of fused-ring (bicyclic) bond motifs is 1. The van der Waals surface area contributed by atoms with Gasteiger partial charge in [-0.1, -0.05) is 0 Å². The lowest BCUT2D eigenvalue weighted by Crippen LogP contribution is -2.34. The summed E-state index contributed by atoms with van der Waals surface area (Å²) >= 11 is 0. The van der Waals surface area contributed by atoms with E-state index in [-0.39, 0.29) is 22.1 Å². The van der Waals surface area contributed by atoms with E-state index in [0.29, 0.717) is 23.5 Å². The van der Waals surface area contributed by atoms with E-state index >= 15 is 0 Å². The number of amides is 1. The molecule has 35 heavy (non-hydrogen) atoms. The Hall–Kier alpha value is -3.21. The number of ether oxygens (including phenoxy) is 1. The van der Waals surface area contributed by atoms with Crippen molar-refractivity contribution in [1.29, 1.82) is 0 Å². The van der Waals surface area contributed by atoms with E-state index < -0.39 is 15.9 Å². The molecule has 9 nitrogen and oxygen atoms in total. The van der Waals surface area contributed by atoms with Gasteiger partial charge in [-0.25, -0.2) is 12.7 Å². The van der Waals surface area contributed by atoms with Crippen molar-refractivity contribution in [2.45, 2.75) is 30.7 Å². The molecule has 1 aliphatic heterocycles. The highest BCUT2D eigenvalue weighted by Gasteiger charge is 2.29. The summed E-state index contributed by atoms with van der Waals surface area (Å²) in [5.74, 6) is -0.416. The second kappa shape index (κ2) is 9.80. The van der Waals surface area contributed by atoms with E-state index in [4.69, 9.17) is 4.74 Å². The van der Waals surface area contributed by atoms with Gasteiger partial charge in [-0.2, -0.15) is 0 Å². The number of H-pyrrole nitrogens is 1. The number of carbonyl (C=O) groups excluding carboxylic acids is 1. The molecular weight excluding hydrogens is 468 g/mol. The maximum atomic E-state index is 13.5. The number of carbonyl (C=O) groups is 1. The normalized spacial score (nSPS) is 16.3. The van der Waals surface area contributed by atoms with Crippen LogP contribution in [0.25, 0.3) is 10.9 Å². The number of hydrogen-bond acceptors (Lipinski definition) is 6. The van der Waals surface area contributed by atoms with Crippen molar-refractivity contribution in [2.75, 3.05) is 44.6 Å². The van der Waals surface area contributed by atoms with Gasteiger partial charge in [0.1, 0.15) is 0 Å². The fourth-order valence-electron chi connectivity index (χ4n) is 4.54. The van der Waals surface area contributed by atoms with E-state index in [1.54, 1.807) is 37.4 Å². The summed E-state index contributed by atoms with van der Waals surface area (Å²) in [5, 5.41) is 3.72. The van der Waals surface area contributed by atoms with E-state index in [0.717, 1.165) is 34.6 Å². The number of anilines is 2. The average Bonchev–Trinajstić information content (AvgIpc) is 3.27. The Bertz CT molecular complexity index is 1430. The smallest absolute Gasteiger partial charge is 0.257 e. The molecule has 0 saturated carbocycles. The minimum absolute atomic E-state index is 0.0471. The third kappa shape index (κ3) is 4.95. The fourth-order valence-corrected chi connectivity index (χ4v) is 5.46. The lowest BCUT2D eigenvalue weighted by Gasteiger charge is -2.28. The van der Waals surface area contributed by atoms with Gasteiger partial charge in [-0.05, 0) is 61.7 Å². The zero-order valence-electron chi connectivity index (χ0n) is 20.3. The molecule has 1 aromatic heterocycles. The van der Waals surface area contributed by atoms with E-state index in [9.17, 15) is 18.0 Å². The molecule has 1 amide bonds. The highest BCUT2D eigenvalue weighted by atomic mass is 32.2. The molecule has 1 fully saturated rings. The summed E-state index contributed by atoms with van der Waals surface area (Å²) in [6.45, 7) is 3.09. The van der Waals surface area contributed by atoms with Gasteiger partial charge in [-0.15, -0.1) is 0 Å². The van der Waals surface area contributed by atoms with Crippen LogP contribution in [-0.2, 0) is 14.8 Å². The molecule has 1 aliphatic rings. The second-order valence-electron chi connectivity index (χ2n) is 8.94. The van der Waals surface area contributed by atoms with Crippen LogP contribution in [0.2, 0.25) is 0 Å². The number of hydrogen-bond donors (Lipinski definition) is 2. The quantitative estimate of drug-likeness (QED) is 0.518. The van der Waals surface area contributed by atoms with Crippen LogP contribution in [-0.4, -0.2) is 64.0 Å². The van der Waals surface area contributed by atoms with Crippen molar-refractivity contribution in [3.05, 3.63) is 63.9 Å². The molecular formula is C25H30N4O5S. The molecule has 1 saturated heterocycles. The van der Waals surface area contributed by atoms with Crippen molar-refractivity contribution < 1.29 is 17.9 Å². The summed E-state index contributed by atoms with van der Waals surface area (Å²) in [7, 11) is 0.829. The minimum atomic E-state index is -3.73. The van der Waals surface area contributed by atoms with Crippen molar-refractivity contribution in [1.82, 2.24) is 9.29 Å². The number of aryl methyl sites for hydroxylation is 1. The summed E-state index contributed by atoms with van der Waals surface area (Å²) < 4.78 is 32.1. The van der Waals surface area contributed by atoms with Crippen LogP contribution in [0.3, 0.4) is 0 Å². The summed E-state index contributed by atoms with van der Waals surface area (Å²) in [6.07, 6.45) is 1.88. The minimum Gasteiger partial charge on any atom is -0.383 e. The third-order valence-corrected chi connectivity index (χ3v) is 8.16. The largest absolute Gasteiger partial charge is 0.383 e. The molecule has 186 valence electrons. The Morgan fingerprint density at radius 1 is 1.20 bits per heavy atom. The molecule has 1 atom stereocenters. The second-order valence-corrected chi connectivity index (χ2v) is 11.1. The standard InChI is InChI=1S/C25H30N4O5S/c1-16-12-24(30)27-22-9-7-17(13-20(16)22)26-25(31)21-14-19(35(32,33)28(2)3)8-10-23(21)29-11-5-6-18(29)15-34-4/h7-10,12-14,18H,5-6,11,15H2,1-4H3,(H,26,31)(H,27,30). The Balaban J connectivity index is 1.76. The van der Waals surface area contributed by atoms with Crippen LogP contribution in [0, 0.1) is 6.92 Å². The number of benzene rings is 2. The highest BCUT2D eigenvalue weighted by molar-refractivity contribution is 7.89. The first-order chi connectivity index (χ1) is 16.6. The van der Waals surface area contributed by atoms with Gasteiger partial charge in [0, 0.05) is 56.1 Å². The highest BCUT2D eigenvalue weighted by Crippen LogP contribution is 2.32. The first-order valence-corrected chi connectivity index (χ1v) is 12.8. The molecule has 0 bridgehead atoms. The first-order valence-electron chi connectivity index (χ1n) is 11.4. The number of rotatable bonds is 7. The van der Waals surface area contributed by atoms with Gasteiger partial charge in [0.2, 0.25) is 15.6 Å². The predicted octanol–water partition coefficient (Wildman–Crippen LogP) is 2.95. The maximum Gasteiger partial charge on any atom is 0.257 e. The fraction of sp³-hybridized carbons (Fsp3) is 0.360. The number of aromatic amines is 1. The van der Waals surface area contributed by atoms with Crippen LogP contribution >= 0.6 is 0 Å². The number of methoxy groups -OCH3 is 1. The van der Waals surface area contributed by atoms with Crippen molar-refractivity contribution in [2.24, 2.45) is 0 Å². The Morgan fingerprint density at radius 3 is 2.69 bits per heavy atom. The molecule has 10 heteroatoms. The van der Waals surface area contributed by atoms with Gasteiger partial charge < -0.3 is 19.9 Å². The monoisotopic (exact) mass is 498 g/mol. The zero-order valence-corrected chi connectivity index (χ0v) is 21.1.